The fourth-order valence-electron chi connectivity index (χ4n) is 2.09. The highest BCUT2D eigenvalue weighted by atomic mass is 19.4. The Morgan fingerprint density at radius 2 is 1.91 bits per heavy atom. The minimum absolute atomic E-state index is 0.0217. The largest absolute Gasteiger partial charge is 0.443 e. The number of benzene rings is 1. The predicted octanol–water partition coefficient (Wildman–Crippen LogP) is 4.34. The van der Waals surface area contributed by atoms with Crippen LogP contribution in [0.15, 0.2) is 28.9 Å². The van der Waals surface area contributed by atoms with E-state index in [1.165, 1.54) is 6.92 Å². The molecule has 0 amide bonds. The lowest BCUT2D eigenvalue weighted by atomic mass is 10.1. The first kappa shape index (κ1) is 15.2. The number of nitrogens with one attached hydrogen (secondary N) is 1. The number of halogens is 5. The van der Waals surface area contributed by atoms with Crippen molar-refractivity contribution < 1.29 is 26.4 Å². The molecule has 1 aromatic carbocycles. The zero-order chi connectivity index (χ0) is 16.8. The molecular weight excluding hydrogens is 321 g/mol. The summed E-state index contributed by atoms with van der Waals surface area (Å²) in [7, 11) is 0. The van der Waals surface area contributed by atoms with Gasteiger partial charge in [0.1, 0.15) is 29.3 Å². The van der Waals surface area contributed by atoms with E-state index in [9.17, 15) is 22.0 Å². The first-order valence-electron chi connectivity index (χ1n) is 6.31. The van der Waals surface area contributed by atoms with Crippen molar-refractivity contribution in [3.63, 3.8) is 0 Å². The molecule has 2 aromatic heterocycles. The van der Waals surface area contributed by atoms with Crippen molar-refractivity contribution in [1.29, 1.82) is 0 Å². The number of hydrogen-bond acceptors (Lipinski definition) is 3. The monoisotopic (exact) mass is 329 g/mol. The number of rotatable bonds is 2. The highest BCUT2D eigenvalue weighted by Crippen LogP contribution is 2.35. The van der Waals surface area contributed by atoms with E-state index < -0.39 is 23.5 Å². The molecule has 23 heavy (non-hydrogen) atoms. The molecule has 1 N–H and O–H groups in total. The minimum Gasteiger partial charge on any atom is -0.443 e. The SMILES string of the molecule is Cc1c(-c2nc(-c3ccc(F)cc3F)co2)n[nH]c1C(F)(F)F. The number of alkyl halides is 3. The maximum Gasteiger partial charge on any atom is 0.433 e. The van der Waals surface area contributed by atoms with Crippen LogP contribution in [0.5, 0.6) is 0 Å². The zero-order valence-electron chi connectivity index (χ0n) is 11.5. The first-order chi connectivity index (χ1) is 10.8. The summed E-state index contributed by atoms with van der Waals surface area (Å²) in [6.45, 7) is 1.21. The Bertz CT molecular complexity index is 866. The summed E-state index contributed by atoms with van der Waals surface area (Å²) in [5, 5.41) is 5.42. The van der Waals surface area contributed by atoms with Crippen LogP contribution in [0, 0.1) is 18.6 Å². The van der Waals surface area contributed by atoms with Crippen molar-refractivity contribution in [3.05, 3.63) is 47.4 Å². The standard InChI is InChI=1S/C14H8F5N3O/c1-6-11(21-22-12(6)14(17,18)19)13-20-10(5-23-13)8-3-2-7(15)4-9(8)16/h2-5H,1H3,(H,21,22). The molecule has 0 saturated carbocycles. The van der Waals surface area contributed by atoms with Crippen molar-refractivity contribution >= 4 is 0 Å². The second-order valence-electron chi connectivity index (χ2n) is 4.73. The molecule has 0 aliphatic heterocycles. The highest BCUT2D eigenvalue weighted by molar-refractivity contribution is 5.63. The molecule has 0 aliphatic rings. The molecule has 3 rings (SSSR count). The van der Waals surface area contributed by atoms with Crippen LogP contribution in [0.25, 0.3) is 22.8 Å². The van der Waals surface area contributed by atoms with Crippen molar-refractivity contribution in [3.8, 4) is 22.8 Å². The van der Waals surface area contributed by atoms with Gasteiger partial charge in [-0.3, -0.25) is 5.10 Å². The zero-order valence-corrected chi connectivity index (χ0v) is 11.5. The summed E-state index contributed by atoms with van der Waals surface area (Å²) in [6.07, 6.45) is -3.53. The van der Waals surface area contributed by atoms with Crippen LogP contribution in [0.4, 0.5) is 22.0 Å². The van der Waals surface area contributed by atoms with Gasteiger partial charge in [-0.15, -0.1) is 0 Å². The summed E-state index contributed by atoms with van der Waals surface area (Å²) in [5.74, 6) is -1.82. The number of oxazole rings is 1. The third-order valence-electron chi connectivity index (χ3n) is 3.21. The lowest BCUT2D eigenvalue weighted by molar-refractivity contribution is -0.141. The van der Waals surface area contributed by atoms with E-state index >= 15 is 0 Å². The maximum absolute atomic E-state index is 13.7. The van der Waals surface area contributed by atoms with Gasteiger partial charge < -0.3 is 4.42 Å². The van der Waals surface area contributed by atoms with E-state index in [1.54, 1.807) is 0 Å². The Kier molecular flexibility index (Phi) is 3.42. The van der Waals surface area contributed by atoms with Crippen LogP contribution in [-0.4, -0.2) is 15.2 Å². The summed E-state index contributed by atoms with van der Waals surface area (Å²) in [6, 6.07) is 2.87. The Balaban J connectivity index is 2.01. The normalized spacial score (nSPS) is 11.9. The molecule has 3 aromatic rings. The molecule has 0 fully saturated rings. The summed E-state index contributed by atoms with van der Waals surface area (Å²) < 4.78 is 69.9. The topological polar surface area (TPSA) is 54.7 Å². The van der Waals surface area contributed by atoms with E-state index in [0.717, 1.165) is 18.4 Å². The quantitative estimate of drug-likeness (QED) is 0.712. The molecule has 9 heteroatoms. The van der Waals surface area contributed by atoms with E-state index in [4.69, 9.17) is 4.42 Å². The smallest absolute Gasteiger partial charge is 0.433 e. The van der Waals surface area contributed by atoms with E-state index in [2.05, 4.69) is 10.1 Å². The van der Waals surface area contributed by atoms with Crippen LogP contribution in [0.3, 0.4) is 0 Å². The predicted molar refractivity (Wildman–Crippen MR) is 69.2 cm³/mol. The van der Waals surface area contributed by atoms with E-state index in [-0.39, 0.29) is 28.4 Å². The molecule has 0 unspecified atom stereocenters. The molecule has 0 bridgehead atoms. The van der Waals surface area contributed by atoms with Gasteiger partial charge in [-0.2, -0.15) is 18.3 Å². The van der Waals surface area contributed by atoms with Gasteiger partial charge in [-0.25, -0.2) is 13.8 Å². The van der Waals surface area contributed by atoms with Crippen molar-refractivity contribution in [2.24, 2.45) is 0 Å². The van der Waals surface area contributed by atoms with Gasteiger partial charge in [-0.1, -0.05) is 0 Å². The molecule has 120 valence electrons. The number of hydrogen-bond donors (Lipinski definition) is 1. The van der Waals surface area contributed by atoms with Gasteiger partial charge in [0.05, 0.1) is 0 Å². The minimum atomic E-state index is -4.59. The Morgan fingerprint density at radius 1 is 1.17 bits per heavy atom. The summed E-state index contributed by atoms with van der Waals surface area (Å²) >= 11 is 0. The average molecular weight is 329 g/mol. The molecule has 0 aliphatic carbocycles. The third-order valence-corrected chi connectivity index (χ3v) is 3.21. The van der Waals surface area contributed by atoms with Crippen LogP contribution in [-0.2, 0) is 6.18 Å². The second kappa shape index (κ2) is 5.18. The molecule has 0 atom stereocenters. The number of nitrogens with zero attached hydrogens (tertiary/aromatic N) is 2. The molecule has 0 radical (unpaired) electrons. The van der Waals surface area contributed by atoms with Gasteiger partial charge in [0.15, 0.2) is 5.69 Å². The fourth-order valence-corrected chi connectivity index (χ4v) is 2.09. The molecule has 0 spiro atoms. The number of H-pyrrole nitrogens is 1. The van der Waals surface area contributed by atoms with Crippen LogP contribution in [0.2, 0.25) is 0 Å². The molecular formula is C14H8F5N3O. The molecule has 4 nitrogen and oxygen atoms in total. The van der Waals surface area contributed by atoms with Crippen molar-refractivity contribution in [2.75, 3.05) is 0 Å². The highest BCUT2D eigenvalue weighted by Gasteiger charge is 2.36. The van der Waals surface area contributed by atoms with Gasteiger partial charge in [0.2, 0.25) is 5.89 Å². The van der Waals surface area contributed by atoms with Crippen LogP contribution >= 0.6 is 0 Å². The molecule has 2 heterocycles. The van der Waals surface area contributed by atoms with Gasteiger partial charge >= 0.3 is 6.18 Å². The average Bonchev–Trinajstić information content (AvgIpc) is 3.04. The maximum atomic E-state index is 13.7. The van der Waals surface area contributed by atoms with Crippen molar-refractivity contribution in [1.82, 2.24) is 15.2 Å². The second-order valence-corrected chi connectivity index (χ2v) is 4.73. The van der Waals surface area contributed by atoms with Gasteiger partial charge in [-0.05, 0) is 19.1 Å². The van der Waals surface area contributed by atoms with Crippen LogP contribution < -0.4 is 0 Å². The molecule has 0 saturated heterocycles. The first-order valence-corrected chi connectivity index (χ1v) is 6.31. The van der Waals surface area contributed by atoms with Crippen molar-refractivity contribution in [2.45, 2.75) is 13.1 Å². The van der Waals surface area contributed by atoms with Gasteiger partial charge in [0.25, 0.3) is 0 Å². The Morgan fingerprint density at radius 3 is 2.52 bits per heavy atom. The van der Waals surface area contributed by atoms with E-state index in [0.29, 0.717) is 6.07 Å². The lowest BCUT2D eigenvalue weighted by Crippen LogP contribution is -2.07. The van der Waals surface area contributed by atoms with Crippen LogP contribution in [0.1, 0.15) is 11.3 Å². The third kappa shape index (κ3) is 2.69. The number of aromatic nitrogens is 3. The Labute approximate surface area is 126 Å². The fraction of sp³-hybridized carbons (Fsp3) is 0.143. The lowest BCUT2D eigenvalue weighted by Gasteiger charge is -2.03. The van der Waals surface area contributed by atoms with Gasteiger partial charge in [0, 0.05) is 17.2 Å². The Hall–Kier alpha value is -2.71. The summed E-state index contributed by atoms with van der Waals surface area (Å²) in [5.41, 5.74) is -1.35. The summed E-state index contributed by atoms with van der Waals surface area (Å²) in [4.78, 5) is 3.92. The van der Waals surface area contributed by atoms with E-state index in [1.807, 2.05) is 5.10 Å². The number of aromatic amines is 1.